The van der Waals surface area contributed by atoms with Crippen molar-refractivity contribution in [3.05, 3.63) is 29.6 Å². The first-order valence-corrected chi connectivity index (χ1v) is 13.4. The number of ether oxygens (including phenoxy) is 2. The molecule has 11 nitrogen and oxygen atoms in total. The third kappa shape index (κ3) is 6.32. The first-order valence-electron chi connectivity index (χ1n) is 11.9. The Morgan fingerprint density at radius 2 is 1.84 bits per heavy atom. The van der Waals surface area contributed by atoms with Crippen LogP contribution in [0.25, 0.3) is 5.57 Å². The summed E-state index contributed by atoms with van der Waals surface area (Å²) in [6, 6.07) is 1.94. The van der Waals surface area contributed by atoms with Gasteiger partial charge in [-0.2, -0.15) is 8.42 Å². The third-order valence-electron chi connectivity index (χ3n) is 5.94. The van der Waals surface area contributed by atoms with Crippen LogP contribution in [-0.2, 0) is 29.3 Å². The molecule has 204 valence electrons. The van der Waals surface area contributed by atoms with Crippen molar-refractivity contribution in [3.8, 4) is 5.75 Å². The maximum absolute atomic E-state index is 15.7. The number of nitrogens with one attached hydrogen (secondary N) is 1. The summed E-state index contributed by atoms with van der Waals surface area (Å²) in [5, 5.41) is 10.3. The first-order chi connectivity index (χ1) is 17.2. The Hall–Kier alpha value is -3.35. The van der Waals surface area contributed by atoms with Gasteiger partial charge in [0.25, 0.3) is 5.91 Å². The number of hydrogen-bond acceptors (Lipinski definition) is 8. The minimum Gasteiger partial charge on any atom is -0.506 e. The van der Waals surface area contributed by atoms with E-state index in [9.17, 15) is 27.9 Å². The lowest BCUT2D eigenvalue weighted by Crippen LogP contribution is -2.39. The van der Waals surface area contributed by atoms with Crippen LogP contribution in [-0.4, -0.2) is 61.8 Å². The molecule has 2 aliphatic rings. The van der Waals surface area contributed by atoms with Crippen LogP contribution in [0.1, 0.15) is 53.0 Å². The molecule has 2 aliphatic heterocycles. The lowest BCUT2D eigenvalue weighted by molar-refractivity contribution is -0.169. The standard InChI is InChI=1S/C24H32FN3O8S/c1-13(2)6-7-17-10-16(11-27(17)24(32)36-15(5)35-23(31)14(3)4)18-8-9-19(29)22(21(18)25)28-12-20(30)26-37(28,33)34/h8-10,13-15,17,29H,6-7,11-12H2,1-5H3,(H,26,30)/t15-,17+/m1/s1. The molecule has 3 rings (SSSR count). The number of phenols is 1. The molecule has 2 heterocycles. The molecule has 0 spiro atoms. The molecule has 0 aliphatic carbocycles. The Morgan fingerprint density at radius 3 is 2.41 bits per heavy atom. The molecule has 0 unspecified atom stereocenters. The summed E-state index contributed by atoms with van der Waals surface area (Å²) >= 11 is 0. The van der Waals surface area contributed by atoms with Gasteiger partial charge in [-0.25, -0.2) is 18.2 Å². The zero-order chi connectivity index (χ0) is 27.7. The van der Waals surface area contributed by atoms with Crippen LogP contribution in [0.2, 0.25) is 0 Å². The molecule has 1 saturated heterocycles. The number of aromatic hydroxyl groups is 1. The minimum absolute atomic E-state index is 0.0357. The van der Waals surface area contributed by atoms with E-state index in [-0.39, 0.29) is 12.1 Å². The van der Waals surface area contributed by atoms with Crippen molar-refractivity contribution < 1.29 is 41.8 Å². The van der Waals surface area contributed by atoms with Gasteiger partial charge in [-0.3, -0.25) is 14.5 Å². The Labute approximate surface area is 215 Å². The SMILES string of the molecule is CC(C)CC[C@H]1C=C(c2ccc(O)c(N3CC(=O)NS3(=O)=O)c2F)CN1C(=O)O[C@H](C)OC(=O)C(C)C. The van der Waals surface area contributed by atoms with Gasteiger partial charge in [-0.1, -0.05) is 33.8 Å². The van der Waals surface area contributed by atoms with Gasteiger partial charge in [0.1, 0.15) is 18.0 Å². The molecular formula is C24H32FN3O8S. The zero-order valence-corrected chi connectivity index (χ0v) is 22.2. The Bertz CT molecular complexity index is 1210. The van der Waals surface area contributed by atoms with Gasteiger partial charge in [-0.05, 0) is 36.5 Å². The molecule has 1 aromatic carbocycles. The number of hydrogen-bond donors (Lipinski definition) is 2. The summed E-state index contributed by atoms with van der Waals surface area (Å²) in [5.41, 5.74) is -0.329. The van der Waals surface area contributed by atoms with Gasteiger partial charge in [-0.15, -0.1) is 0 Å². The van der Waals surface area contributed by atoms with Gasteiger partial charge < -0.3 is 14.6 Å². The van der Waals surface area contributed by atoms with Crippen LogP contribution >= 0.6 is 0 Å². The highest BCUT2D eigenvalue weighted by atomic mass is 32.2. The van der Waals surface area contributed by atoms with E-state index in [0.29, 0.717) is 22.2 Å². The summed E-state index contributed by atoms with van der Waals surface area (Å²) < 4.78 is 52.8. The number of anilines is 1. The summed E-state index contributed by atoms with van der Waals surface area (Å²) in [5.74, 6) is -3.18. The molecule has 2 amide bonds. The molecule has 0 radical (unpaired) electrons. The number of halogens is 1. The second-order valence-electron chi connectivity index (χ2n) is 9.73. The number of esters is 1. The van der Waals surface area contributed by atoms with E-state index in [1.165, 1.54) is 17.9 Å². The number of benzene rings is 1. The number of carbonyl (C=O) groups excluding carboxylic acids is 3. The highest BCUT2D eigenvalue weighted by Crippen LogP contribution is 2.39. The van der Waals surface area contributed by atoms with Crippen molar-refractivity contribution in [3.63, 3.8) is 0 Å². The van der Waals surface area contributed by atoms with Gasteiger partial charge in [0.05, 0.1) is 18.5 Å². The van der Waals surface area contributed by atoms with Gasteiger partial charge in [0.2, 0.25) is 6.29 Å². The molecule has 2 N–H and O–H groups in total. The van der Waals surface area contributed by atoms with E-state index in [1.807, 2.05) is 13.8 Å². The van der Waals surface area contributed by atoms with E-state index in [4.69, 9.17) is 9.47 Å². The number of rotatable bonds is 8. The van der Waals surface area contributed by atoms with Gasteiger partial charge in [0.15, 0.2) is 5.82 Å². The van der Waals surface area contributed by atoms with Crippen molar-refractivity contribution in [1.29, 1.82) is 0 Å². The van der Waals surface area contributed by atoms with Crippen molar-refractivity contribution >= 4 is 39.4 Å². The number of carbonyl (C=O) groups is 3. The highest BCUT2D eigenvalue weighted by molar-refractivity contribution is 7.92. The Kier molecular flexibility index (Phi) is 8.35. The van der Waals surface area contributed by atoms with Crippen molar-refractivity contribution in [2.75, 3.05) is 17.4 Å². The molecule has 0 aromatic heterocycles. The van der Waals surface area contributed by atoms with E-state index in [2.05, 4.69) is 0 Å². The maximum atomic E-state index is 15.7. The van der Waals surface area contributed by atoms with Crippen molar-refractivity contribution in [2.45, 2.75) is 59.8 Å². The van der Waals surface area contributed by atoms with E-state index in [0.717, 1.165) is 12.5 Å². The molecule has 2 atom stereocenters. The molecular weight excluding hydrogens is 509 g/mol. The van der Waals surface area contributed by atoms with Crippen LogP contribution in [0.4, 0.5) is 14.9 Å². The normalized spacial score (nSPS) is 19.7. The smallest absolute Gasteiger partial charge is 0.413 e. The van der Waals surface area contributed by atoms with Crippen molar-refractivity contribution in [2.24, 2.45) is 11.8 Å². The molecule has 0 saturated carbocycles. The van der Waals surface area contributed by atoms with Crippen LogP contribution < -0.4 is 9.03 Å². The van der Waals surface area contributed by atoms with Gasteiger partial charge in [0, 0.05) is 12.5 Å². The largest absolute Gasteiger partial charge is 0.506 e. The molecule has 37 heavy (non-hydrogen) atoms. The maximum Gasteiger partial charge on any atom is 0.413 e. The minimum atomic E-state index is -4.37. The van der Waals surface area contributed by atoms with Crippen LogP contribution in [0.5, 0.6) is 5.75 Å². The Morgan fingerprint density at radius 1 is 1.16 bits per heavy atom. The third-order valence-corrected chi connectivity index (χ3v) is 7.32. The van der Waals surface area contributed by atoms with Crippen LogP contribution in [0, 0.1) is 17.7 Å². The van der Waals surface area contributed by atoms with E-state index < -0.39 is 70.2 Å². The van der Waals surface area contributed by atoms with Gasteiger partial charge >= 0.3 is 22.3 Å². The topological polar surface area (TPSA) is 143 Å². The number of amides is 2. The quantitative estimate of drug-likeness (QED) is 0.378. The van der Waals surface area contributed by atoms with E-state index >= 15 is 4.39 Å². The van der Waals surface area contributed by atoms with Crippen molar-refractivity contribution in [1.82, 2.24) is 9.62 Å². The molecule has 1 aromatic rings. The summed E-state index contributed by atoms with van der Waals surface area (Å²) in [4.78, 5) is 37.8. The second kappa shape index (κ2) is 11.0. The zero-order valence-electron chi connectivity index (χ0n) is 21.4. The average Bonchev–Trinajstić information content (AvgIpc) is 3.31. The fourth-order valence-corrected chi connectivity index (χ4v) is 5.18. The predicted octanol–water partition coefficient (Wildman–Crippen LogP) is 2.90. The lowest BCUT2D eigenvalue weighted by Gasteiger charge is -2.26. The summed E-state index contributed by atoms with van der Waals surface area (Å²) in [6.07, 6.45) is 1.08. The Balaban J connectivity index is 1.90. The highest BCUT2D eigenvalue weighted by Gasteiger charge is 2.39. The summed E-state index contributed by atoms with van der Waals surface area (Å²) in [6.45, 7) is 8.00. The molecule has 1 fully saturated rings. The van der Waals surface area contributed by atoms with Crippen LogP contribution in [0.3, 0.4) is 0 Å². The average molecular weight is 542 g/mol. The molecule has 13 heteroatoms. The predicted molar refractivity (Wildman–Crippen MR) is 132 cm³/mol. The number of nitrogens with zero attached hydrogens (tertiary/aromatic N) is 2. The summed E-state index contributed by atoms with van der Waals surface area (Å²) in [7, 11) is -4.37. The number of phenolic OH excluding ortho intramolecular Hbond substituents is 1. The monoisotopic (exact) mass is 541 g/mol. The second-order valence-corrected chi connectivity index (χ2v) is 11.3. The first kappa shape index (κ1) is 28.2. The molecule has 0 bridgehead atoms. The lowest BCUT2D eigenvalue weighted by atomic mass is 10.0. The fourth-order valence-electron chi connectivity index (χ4n) is 4.01. The van der Waals surface area contributed by atoms with E-state index in [1.54, 1.807) is 24.6 Å². The fraction of sp³-hybridized carbons (Fsp3) is 0.542. The van der Waals surface area contributed by atoms with Crippen LogP contribution in [0.15, 0.2) is 18.2 Å².